The van der Waals surface area contributed by atoms with E-state index in [9.17, 15) is 19.2 Å². The van der Waals surface area contributed by atoms with Gasteiger partial charge < -0.3 is 24.8 Å². The summed E-state index contributed by atoms with van der Waals surface area (Å²) in [6, 6.07) is 21.6. The van der Waals surface area contributed by atoms with Crippen molar-refractivity contribution in [1.82, 2.24) is 9.80 Å². The smallest absolute Gasteiger partial charge is 0.338 e. The van der Waals surface area contributed by atoms with Gasteiger partial charge in [-0.15, -0.1) is 0 Å². The monoisotopic (exact) mass is 597 g/mol. The molecule has 1 atom stereocenters. The number of amides is 3. The lowest BCUT2D eigenvalue weighted by Crippen LogP contribution is -2.40. The molecule has 1 aliphatic rings. The van der Waals surface area contributed by atoms with E-state index in [1.165, 1.54) is 9.80 Å². The highest BCUT2D eigenvalue weighted by Gasteiger charge is 2.36. The zero-order valence-electron chi connectivity index (χ0n) is 25.9. The van der Waals surface area contributed by atoms with Crippen LogP contribution in [0.1, 0.15) is 47.2 Å². The fourth-order valence-electron chi connectivity index (χ4n) is 4.91. The molecule has 3 amide bonds. The van der Waals surface area contributed by atoms with E-state index in [0.717, 1.165) is 12.1 Å². The number of anilines is 2. The van der Waals surface area contributed by atoms with Crippen LogP contribution in [0.3, 0.4) is 0 Å². The molecule has 0 aromatic heterocycles. The minimum Gasteiger partial charge on any atom is -0.462 e. The van der Waals surface area contributed by atoms with Gasteiger partial charge in [-0.05, 0) is 81.5 Å². The Morgan fingerprint density at radius 1 is 0.886 bits per heavy atom. The van der Waals surface area contributed by atoms with Crippen molar-refractivity contribution < 1.29 is 23.9 Å². The molecular weight excluding hydrogens is 558 g/mol. The molecule has 3 aromatic carbocycles. The average molecular weight is 598 g/mol. The summed E-state index contributed by atoms with van der Waals surface area (Å²) in [4.78, 5) is 61.3. The van der Waals surface area contributed by atoms with Gasteiger partial charge in [0.15, 0.2) is 0 Å². The molecule has 4 rings (SSSR count). The predicted molar refractivity (Wildman–Crippen MR) is 172 cm³/mol. The van der Waals surface area contributed by atoms with E-state index in [1.807, 2.05) is 49.3 Å². The summed E-state index contributed by atoms with van der Waals surface area (Å²) in [5, 5.41) is 2.90. The summed E-state index contributed by atoms with van der Waals surface area (Å²) in [6.07, 6.45) is 0.985. The first-order valence-corrected chi connectivity index (χ1v) is 14.6. The van der Waals surface area contributed by atoms with Gasteiger partial charge in [-0.2, -0.15) is 0 Å². The van der Waals surface area contributed by atoms with E-state index in [0.29, 0.717) is 46.7 Å². The van der Waals surface area contributed by atoms with E-state index in [-0.39, 0.29) is 30.9 Å². The number of carbonyl (C=O) groups is 4. The Hall–Kier alpha value is -4.83. The van der Waals surface area contributed by atoms with E-state index in [2.05, 4.69) is 5.32 Å². The van der Waals surface area contributed by atoms with Crippen LogP contribution < -0.4 is 10.2 Å². The van der Waals surface area contributed by atoms with Crippen molar-refractivity contribution in [3.63, 3.8) is 0 Å². The van der Waals surface area contributed by atoms with Crippen molar-refractivity contribution in [2.24, 2.45) is 4.99 Å². The molecule has 1 N–H and O–H groups in total. The molecule has 0 spiro atoms. The quantitative estimate of drug-likeness (QED) is 0.243. The third-order valence-corrected chi connectivity index (χ3v) is 7.24. The summed E-state index contributed by atoms with van der Waals surface area (Å²) in [7, 11) is 7.23. The molecule has 1 heterocycles. The SMILES string of the molecule is CCOC(=O)c1ccc2c(c1)NC(=O)C2C(=Nc1ccc(N(CC(=O)N(C)C)C(=O)CCCN(C)C)cc1)c1ccccc1. The van der Waals surface area contributed by atoms with Gasteiger partial charge >= 0.3 is 5.97 Å². The lowest BCUT2D eigenvalue weighted by Gasteiger charge is -2.24. The number of carbonyl (C=O) groups excluding carboxylic acids is 4. The average Bonchev–Trinajstić information content (AvgIpc) is 3.33. The standard InChI is InChI=1S/C34H39N5O5/c1-6-44-34(43)24-14-19-27-28(21-24)36-33(42)31(27)32(23-11-8-7-9-12-23)35-25-15-17-26(18-16-25)39(22-30(41)38(4)5)29(40)13-10-20-37(2)3/h7-9,11-12,14-19,21,31H,6,10,13,20,22H2,1-5H3,(H,36,42). The number of rotatable bonds is 12. The van der Waals surface area contributed by atoms with Gasteiger partial charge in [0.25, 0.3) is 0 Å². The first-order chi connectivity index (χ1) is 21.1. The van der Waals surface area contributed by atoms with Gasteiger partial charge in [0.2, 0.25) is 17.7 Å². The van der Waals surface area contributed by atoms with Crippen LogP contribution in [0.2, 0.25) is 0 Å². The van der Waals surface area contributed by atoms with Gasteiger partial charge in [-0.25, -0.2) is 4.79 Å². The van der Waals surface area contributed by atoms with Crippen molar-refractivity contribution in [1.29, 1.82) is 0 Å². The largest absolute Gasteiger partial charge is 0.462 e. The molecule has 0 fully saturated rings. The number of fused-ring (bicyclic) bond motifs is 1. The molecule has 230 valence electrons. The van der Waals surface area contributed by atoms with Gasteiger partial charge in [0.05, 0.1) is 23.6 Å². The molecule has 0 saturated carbocycles. The molecule has 0 bridgehead atoms. The minimum absolute atomic E-state index is 0.0709. The first kappa shape index (κ1) is 32.1. The van der Waals surface area contributed by atoms with Crippen LogP contribution >= 0.6 is 0 Å². The van der Waals surface area contributed by atoms with Crippen molar-refractivity contribution >= 4 is 46.5 Å². The molecule has 44 heavy (non-hydrogen) atoms. The Morgan fingerprint density at radius 3 is 2.23 bits per heavy atom. The second kappa shape index (κ2) is 14.6. The summed E-state index contributed by atoms with van der Waals surface area (Å²) in [5.41, 5.74) is 4.08. The number of likely N-dealkylation sites (N-methyl/N-ethyl adjacent to an activating group) is 1. The highest BCUT2D eigenvalue weighted by Crippen LogP contribution is 2.37. The predicted octanol–water partition coefficient (Wildman–Crippen LogP) is 4.48. The minimum atomic E-state index is -0.712. The van der Waals surface area contributed by atoms with Crippen LogP contribution in [0, 0.1) is 0 Å². The first-order valence-electron chi connectivity index (χ1n) is 14.6. The van der Waals surface area contributed by atoms with Crippen molar-refractivity contribution in [3.8, 4) is 0 Å². The molecular formula is C34H39N5O5. The summed E-state index contributed by atoms with van der Waals surface area (Å²) in [6.45, 7) is 2.68. The van der Waals surface area contributed by atoms with E-state index >= 15 is 0 Å². The number of esters is 1. The van der Waals surface area contributed by atoms with Crippen LogP contribution in [0.15, 0.2) is 77.8 Å². The third kappa shape index (κ3) is 7.76. The fraction of sp³-hybridized carbons (Fsp3) is 0.324. The van der Waals surface area contributed by atoms with Crippen LogP contribution in [0.4, 0.5) is 17.1 Å². The van der Waals surface area contributed by atoms with Crippen LogP contribution in [0.25, 0.3) is 0 Å². The molecule has 1 unspecified atom stereocenters. The molecule has 10 heteroatoms. The second-order valence-electron chi connectivity index (χ2n) is 11.0. The summed E-state index contributed by atoms with van der Waals surface area (Å²) in [5.74, 6) is -1.74. The maximum Gasteiger partial charge on any atom is 0.338 e. The van der Waals surface area contributed by atoms with Crippen LogP contribution in [-0.4, -0.2) is 87.1 Å². The summed E-state index contributed by atoms with van der Waals surface area (Å²) < 4.78 is 5.12. The highest BCUT2D eigenvalue weighted by atomic mass is 16.5. The van der Waals surface area contributed by atoms with Gasteiger partial charge in [-0.1, -0.05) is 36.4 Å². The van der Waals surface area contributed by atoms with Gasteiger partial charge in [0.1, 0.15) is 12.5 Å². The number of hydrogen-bond acceptors (Lipinski definition) is 7. The third-order valence-electron chi connectivity index (χ3n) is 7.24. The Morgan fingerprint density at radius 2 is 1.59 bits per heavy atom. The molecule has 0 saturated heterocycles. The number of ether oxygens (including phenoxy) is 1. The van der Waals surface area contributed by atoms with E-state index < -0.39 is 11.9 Å². The zero-order chi connectivity index (χ0) is 31.8. The lowest BCUT2D eigenvalue weighted by molar-refractivity contribution is -0.129. The number of nitrogens with zero attached hydrogens (tertiary/aromatic N) is 4. The molecule has 0 radical (unpaired) electrons. The van der Waals surface area contributed by atoms with Crippen molar-refractivity contribution in [2.75, 3.05) is 58.1 Å². The van der Waals surface area contributed by atoms with E-state index in [1.54, 1.807) is 63.5 Å². The molecule has 1 aliphatic heterocycles. The molecule has 0 aliphatic carbocycles. The lowest BCUT2D eigenvalue weighted by atomic mass is 9.90. The number of nitrogens with one attached hydrogen (secondary N) is 1. The molecule has 3 aromatic rings. The Bertz CT molecular complexity index is 1530. The van der Waals surface area contributed by atoms with Crippen LogP contribution in [0.5, 0.6) is 0 Å². The Balaban J connectivity index is 1.68. The maximum atomic E-state index is 13.4. The Kier molecular flexibility index (Phi) is 10.6. The number of hydrogen-bond donors (Lipinski definition) is 1. The number of aliphatic imine (C=N–C) groups is 1. The van der Waals surface area contributed by atoms with Gasteiger partial charge in [0, 0.05) is 31.9 Å². The zero-order valence-corrected chi connectivity index (χ0v) is 25.9. The normalized spacial score (nSPS) is 14.2. The van der Waals surface area contributed by atoms with E-state index in [4.69, 9.17) is 9.73 Å². The Labute approximate surface area is 258 Å². The van der Waals surface area contributed by atoms with Crippen molar-refractivity contribution in [3.05, 3.63) is 89.5 Å². The van der Waals surface area contributed by atoms with Crippen molar-refractivity contribution in [2.45, 2.75) is 25.7 Å². The molecule has 10 nitrogen and oxygen atoms in total. The number of benzene rings is 3. The second-order valence-corrected chi connectivity index (χ2v) is 11.0. The maximum absolute atomic E-state index is 13.4. The van der Waals surface area contributed by atoms with Crippen LogP contribution in [-0.2, 0) is 19.1 Å². The fourth-order valence-corrected chi connectivity index (χ4v) is 4.91. The highest BCUT2D eigenvalue weighted by molar-refractivity contribution is 6.24. The topological polar surface area (TPSA) is 112 Å². The van der Waals surface area contributed by atoms with Gasteiger partial charge in [-0.3, -0.25) is 19.4 Å². The summed E-state index contributed by atoms with van der Waals surface area (Å²) >= 11 is 0.